The Morgan fingerprint density at radius 2 is 1.94 bits per heavy atom. The Labute approximate surface area is 107 Å². The van der Waals surface area contributed by atoms with Gasteiger partial charge in [0.2, 0.25) is 0 Å². The molecule has 1 aliphatic carbocycles. The van der Waals surface area contributed by atoms with E-state index in [1.54, 1.807) is 0 Å². The molecule has 0 atom stereocenters. The molecule has 2 nitrogen and oxygen atoms in total. The molecular formula is C16H16O2. The van der Waals surface area contributed by atoms with Crippen molar-refractivity contribution < 1.29 is 9.21 Å². The molecule has 0 amide bonds. The zero-order valence-electron chi connectivity index (χ0n) is 10.5. The average Bonchev–Trinajstić information content (AvgIpc) is 2.80. The summed E-state index contributed by atoms with van der Waals surface area (Å²) in [7, 11) is 0. The third-order valence-electron chi connectivity index (χ3n) is 3.55. The van der Waals surface area contributed by atoms with E-state index in [0.717, 1.165) is 41.7 Å². The summed E-state index contributed by atoms with van der Waals surface area (Å²) >= 11 is 0. The summed E-state index contributed by atoms with van der Waals surface area (Å²) in [5, 5.41) is 0. The Kier molecular flexibility index (Phi) is 2.78. The van der Waals surface area contributed by atoms with Crippen LogP contribution in [0, 0.1) is 0 Å². The van der Waals surface area contributed by atoms with Crippen LogP contribution in [0.4, 0.5) is 0 Å². The molecule has 0 N–H and O–H groups in total. The fraction of sp³-hybridized carbons (Fsp3) is 0.312. The van der Waals surface area contributed by atoms with E-state index < -0.39 is 0 Å². The zero-order chi connectivity index (χ0) is 12.5. The topological polar surface area (TPSA) is 30.2 Å². The molecular weight excluding hydrogens is 224 g/mol. The summed E-state index contributed by atoms with van der Waals surface area (Å²) in [5.74, 6) is 1.71. The fourth-order valence-corrected chi connectivity index (χ4v) is 2.71. The highest BCUT2D eigenvalue weighted by Gasteiger charge is 2.27. The van der Waals surface area contributed by atoms with Crippen LogP contribution < -0.4 is 0 Å². The number of furan rings is 1. The maximum atomic E-state index is 11.9. The van der Waals surface area contributed by atoms with Crippen molar-refractivity contribution in [3.8, 4) is 11.1 Å². The molecule has 1 aromatic heterocycles. The van der Waals surface area contributed by atoms with Gasteiger partial charge < -0.3 is 4.42 Å². The highest BCUT2D eigenvalue weighted by atomic mass is 16.3. The highest BCUT2D eigenvalue weighted by molar-refractivity contribution is 5.98. The number of hydrogen-bond acceptors (Lipinski definition) is 2. The largest absolute Gasteiger partial charge is 0.457 e. The summed E-state index contributed by atoms with van der Waals surface area (Å²) in [6.45, 7) is 2.07. The number of carbonyl (C=O) groups is 1. The molecule has 1 heterocycles. The lowest BCUT2D eigenvalue weighted by Crippen LogP contribution is -2.08. The minimum absolute atomic E-state index is 0.160. The maximum Gasteiger partial charge on any atom is 0.198 e. The molecule has 2 heteroatoms. The smallest absolute Gasteiger partial charge is 0.198 e. The highest BCUT2D eigenvalue weighted by Crippen LogP contribution is 2.37. The quantitative estimate of drug-likeness (QED) is 0.793. The first-order valence-corrected chi connectivity index (χ1v) is 6.54. The first kappa shape index (κ1) is 11.3. The zero-order valence-corrected chi connectivity index (χ0v) is 10.5. The molecule has 0 saturated heterocycles. The van der Waals surface area contributed by atoms with Crippen molar-refractivity contribution in [1.82, 2.24) is 0 Å². The van der Waals surface area contributed by atoms with Crippen molar-refractivity contribution in [3.05, 3.63) is 47.4 Å². The molecule has 0 bridgehead atoms. The Morgan fingerprint density at radius 1 is 1.17 bits per heavy atom. The molecule has 1 aliphatic rings. The predicted molar refractivity (Wildman–Crippen MR) is 70.8 cm³/mol. The van der Waals surface area contributed by atoms with Gasteiger partial charge in [-0.25, -0.2) is 0 Å². The Morgan fingerprint density at radius 3 is 2.67 bits per heavy atom. The summed E-state index contributed by atoms with van der Waals surface area (Å²) < 4.78 is 5.80. The SMILES string of the molecule is CCc1oc2c(c1-c1ccccc1)CCCC2=O. The van der Waals surface area contributed by atoms with E-state index in [0.29, 0.717) is 12.2 Å². The normalized spacial score (nSPS) is 14.6. The first-order chi connectivity index (χ1) is 8.81. The number of aryl methyl sites for hydroxylation is 1. The van der Waals surface area contributed by atoms with Crippen molar-refractivity contribution in [1.29, 1.82) is 0 Å². The lowest BCUT2D eigenvalue weighted by molar-refractivity contribution is 0.0942. The van der Waals surface area contributed by atoms with Crippen LogP contribution in [0.15, 0.2) is 34.7 Å². The molecule has 0 spiro atoms. The van der Waals surface area contributed by atoms with Crippen LogP contribution >= 0.6 is 0 Å². The molecule has 0 radical (unpaired) electrons. The second kappa shape index (κ2) is 4.45. The third kappa shape index (κ3) is 1.69. The van der Waals surface area contributed by atoms with Gasteiger partial charge in [-0.05, 0) is 18.4 Å². The van der Waals surface area contributed by atoms with Gasteiger partial charge in [-0.3, -0.25) is 4.79 Å². The Hall–Kier alpha value is -1.83. The van der Waals surface area contributed by atoms with E-state index in [2.05, 4.69) is 19.1 Å². The van der Waals surface area contributed by atoms with Gasteiger partial charge in [0.05, 0.1) is 0 Å². The molecule has 1 aromatic carbocycles. The Balaban J connectivity index is 2.22. The van der Waals surface area contributed by atoms with Gasteiger partial charge in [0.15, 0.2) is 11.5 Å². The van der Waals surface area contributed by atoms with Crippen molar-refractivity contribution in [2.45, 2.75) is 32.6 Å². The molecule has 0 aliphatic heterocycles. The van der Waals surface area contributed by atoms with Crippen molar-refractivity contribution in [2.24, 2.45) is 0 Å². The molecule has 3 rings (SSSR count). The van der Waals surface area contributed by atoms with Crippen LogP contribution in [0.1, 0.15) is 41.6 Å². The summed E-state index contributed by atoms with van der Waals surface area (Å²) in [6.07, 6.45) is 3.34. The molecule has 92 valence electrons. The summed E-state index contributed by atoms with van der Waals surface area (Å²) in [6, 6.07) is 10.2. The number of carbonyl (C=O) groups excluding carboxylic acids is 1. The van der Waals surface area contributed by atoms with E-state index >= 15 is 0 Å². The van der Waals surface area contributed by atoms with Crippen LogP contribution in [0.2, 0.25) is 0 Å². The summed E-state index contributed by atoms with van der Waals surface area (Å²) in [5.41, 5.74) is 3.43. The standard InChI is InChI=1S/C16H16O2/c1-2-14-15(11-7-4-3-5-8-11)12-9-6-10-13(17)16(12)18-14/h3-5,7-8H,2,6,9-10H2,1H3. The Bertz CT molecular complexity index is 579. The van der Waals surface area contributed by atoms with E-state index in [4.69, 9.17) is 4.42 Å². The number of ketones is 1. The predicted octanol–water partition coefficient (Wildman–Crippen LogP) is 4.03. The van der Waals surface area contributed by atoms with E-state index in [1.807, 2.05) is 18.2 Å². The molecule has 0 saturated carbocycles. The maximum absolute atomic E-state index is 11.9. The first-order valence-electron chi connectivity index (χ1n) is 6.54. The molecule has 0 unspecified atom stereocenters. The lowest BCUT2D eigenvalue weighted by Gasteiger charge is -2.10. The second-order valence-electron chi connectivity index (χ2n) is 4.70. The van der Waals surface area contributed by atoms with Gasteiger partial charge >= 0.3 is 0 Å². The second-order valence-corrected chi connectivity index (χ2v) is 4.70. The molecule has 18 heavy (non-hydrogen) atoms. The van der Waals surface area contributed by atoms with E-state index in [-0.39, 0.29) is 5.78 Å². The van der Waals surface area contributed by atoms with Gasteiger partial charge in [-0.15, -0.1) is 0 Å². The van der Waals surface area contributed by atoms with Crippen LogP contribution in [-0.2, 0) is 12.8 Å². The average molecular weight is 240 g/mol. The lowest BCUT2D eigenvalue weighted by atomic mass is 9.90. The molecule has 2 aromatic rings. The van der Waals surface area contributed by atoms with Crippen molar-refractivity contribution >= 4 is 5.78 Å². The monoisotopic (exact) mass is 240 g/mol. The van der Waals surface area contributed by atoms with Crippen LogP contribution in [0.5, 0.6) is 0 Å². The number of benzene rings is 1. The van der Waals surface area contributed by atoms with Crippen LogP contribution in [0.25, 0.3) is 11.1 Å². The number of fused-ring (bicyclic) bond motifs is 1. The van der Waals surface area contributed by atoms with Gasteiger partial charge in [-0.2, -0.15) is 0 Å². The van der Waals surface area contributed by atoms with E-state index in [1.165, 1.54) is 0 Å². The van der Waals surface area contributed by atoms with Gasteiger partial charge in [0.1, 0.15) is 5.76 Å². The van der Waals surface area contributed by atoms with Crippen LogP contribution in [-0.4, -0.2) is 5.78 Å². The summed E-state index contributed by atoms with van der Waals surface area (Å²) in [4.78, 5) is 11.9. The number of hydrogen-bond donors (Lipinski definition) is 0. The van der Waals surface area contributed by atoms with Gasteiger partial charge in [0.25, 0.3) is 0 Å². The minimum atomic E-state index is 0.160. The number of rotatable bonds is 2. The minimum Gasteiger partial charge on any atom is -0.457 e. The van der Waals surface area contributed by atoms with E-state index in [9.17, 15) is 4.79 Å². The van der Waals surface area contributed by atoms with Crippen molar-refractivity contribution in [3.63, 3.8) is 0 Å². The van der Waals surface area contributed by atoms with Crippen molar-refractivity contribution in [2.75, 3.05) is 0 Å². The van der Waals surface area contributed by atoms with Crippen LogP contribution in [0.3, 0.4) is 0 Å². The fourth-order valence-electron chi connectivity index (χ4n) is 2.71. The third-order valence-corrected chi connectivity index (χ3v) is 3.55. The van der Waals surface area contributed by atoms with Gasteiger partial charge in [0, 0.05) is 24.0 Å². The van der Waals surface area contributed by atoms with Gasteiger partial charge in [-0.1, -0.05) is 37.3 Å². The molecule has 0 fully saturated rings. The number of Topliss-reactive ketones (excluding diaryl/α,β-unsaturated/α-hetero) is 1.